The first-order valence-corrected chi connectivity index (χ1v) is 7.12. The topological polar surface area (TPSA) is 55.3 Å². The van der Waals surface area contributed by atoms with Gasteiger partial charge in [-0.05, 0) is 24.1 Å². The monoisotopic (exact) mass is 303 g/mol. The molecule has 0 spiro atoms. The molecule has 0 atom stereocenters. The molecule has 108 valence electrons. The molecular weight excluding hydrogens is 290 g/mol. The van der Waals surface area contributed by atoms with E-state index in [1.54, 1.807) is 4.90 Å². The molecule has 6 heteroatoms. The first kappa shape index (κ1) is 13.8. The number of anilines is 1. The summed E-state index contributed by atoms with van der Waals surface area (Å²) < 4.78 is 5.50. The van der Waals surface area contributed by atoms with E-state index in [1.165, 1.54) is 11.9 Å². The lowest BCUT2D eigenvalue weighted by Gasteiger charge is -2.20. The number of amides is 1. The van der Waals surface area contributed by atoms with Crippen LogP contribution in [0.15, 0.2) is 30.6 Å². The van der Waals surface area contributed by atoms with Gasteiger partial charge in [-0.1, -0.05) is 30.7 Å². The summed E-state index contributed by atoms with van der Waals surface area (Å²) in [6.45, 7) is 2.89. The van der Waals surface area contributed by atoms with Crippen LogP contribution in [0.5, 0.6) is 5.88 Å². The van der Waals surface area contributed by atoms with Crippen LogP contribution < -0.4 is 9.64 Å². The largest absolute Gasteiger partial charge is 0.475 e. The van der Waals surface area contributed by atoms with Crippen LogP contribution in [0.3, 0.4) is 0 Å². The smallest absolute Gasteiger partial charge is 0.267 e. The van der Waals surface area contributed by atoms with Crippen molar-refractivity contribution in [3.8, 4) is 5.88 Å². The van der Waals surface area contributed by atoms with Gasteiger partial charge in [0.05, 0.1) is 6.54 Å². The maximum Gasteiger partial charge on any atom is 0.267 e. The number of rotatable bonds is 2. The summed E-state index contributed by atoms with van der Waals surface area (Å²) in [5, 5.41) is 0.113. The van der Waals surface area contributed by atoms with Crippen molar-refractivity contribution in [3.05, 3.63) is 46.9 Å². The van der Waals surface area contributed by atoms with Crippen molar-refractivity contribution < 1.29 is 9.53 Å². The summed E-state index contributed by atoms with van der Waals surface area (Å²) in [4.78, 5) is 22.2. The van der Waals surface area contributed by atoms with Gasteiger partial charge in [0, 0.05) is 5.69 Å². The van der Waals surface area contributed by atoms with Crippen LogP contribution in [-0.2, 0) is 6.42 Å². The summed E-state index contributed by atoms with van der Waals surface area (Å²) in [6.07, 6.45) is 2.25. The van der Waals surface area contributed by atoms with E-state index in [0.717, 1.165) is 12.1 Å². The fraction of sp³-hybridized carbons (Fsp3) is 0.267. The van der Waals surface area contributed by atoms with Gasteiger partial charge in [-0.3, -0.25) is 4.79 Å². The maximum atomic E-state index is 12.7. The Balaban J connectivity index is 2.00. The fourth-order valence-electron chi connectivity index (χ4n) is 2.27. The number of carbonyl (C=O) groups is 1. The number of benzene rings is 1. The van der Waals surface area contributed by atoms with Gasteiger partial charge in [0.1, 0.15) is 23.7 Å². The van der Waals surface area contributed by atoms with Gasteiger partial charge in [-0.25, -0.2) is 9.97 Å². The van der Waals surface area contributed by atoms with Gasteiger partial charge in [-0.2, -0.15) is 0 Å². The number of hydrogen-bond acceptors (Lipinski definition) is 4. The van der Waals surface area contributed by atoms with Crippen molar-refractivity contribution in [1.29, 1.82) is 0 Å². The lowest BCUT2D eigenvalue weighted by Crippen LogP contribution is -2.32. The molecule has 0 aliphatic carbocycles. The molecule has 0 unspecified atom stereocenters. The molecule has 0 fully saturated rings. The lowest BCUT2D eigenvalue weighted by molar-refractivity contribution is 0.0989. The molecule has 21 heavy (non-hydrogen) atoms. The van der Waals surface area contributed by atoms with Crippen molar-refractivity contribution >= 4 is 23.2 Å². The molecule has 2 aromatic rings. The number of ether oxygens (including phenoxy) is 1. The van der Waals surface area contributed by atoms with E-state index in [2.05, 4.69) is 16.9 Å². The van der Waals surface area contributed by atoms with E-state index in [4.69, 9.17) is 16.3 Å². The fourth-order valence-corrected chi connectivity index (χ4v) is 2.47. The second kappa shape index (κ2) is 5.69. The molecule has 5 nitrogen and oxygen atoms in total. The van der Waals surface area contributed by atoms with Crippen molar-refractivity contribution in [2.75, 3.05) is 18.1 Å². The summed E-state index contributed by atoms with van der Waals surface area (Å²) in [5.74, 6) is 0.00465. The maximum absolute atomic E-state index is 12.7. The average molecular weight is 304 g/mol. The normalized spacial score (nSPS) is 14.4. The number of hydrogen-bond donors (Lipinski definition) is 0. The van der Waals surface area contributed by atoms with E-state index >= 15 is 0 Å². The van der Waals surface area contributed by atoms with Crippen LogP contribution in [0.25, 0.3) is 0 Å². The molecule has 1 aliphatic heterocycles. The van der Waals surface area contributed by atoms with Gasteiger partial charge in [0.25, 0.3) is 5.91 Å². The van der Waals surface area contributed by atoms with E-state index in [-0.39, 0.29) is 22.5 Å². The Morgan fingerprint density at radius 2 is 2.05 bits per heavy atom. The second-order valence-corrected chi connectivity index (χ2v) is 5.03. The van der Waals surface area contributed by atoms with E-state index in [0.29, 0.717) is 13.2 Å². The molecule has 0 N–H and O–H groups in total. The summed E-state index contributed by atoms with van der Waals surface area (Å²) in [6, 6.07) is 7.88. The molecule has 1 aliphatic rings. The van der Waals surface area contributed by atoms with Gasteiger partial charge >= 0.3 is 0 Å². The number of aromatic nitrogens is 2. The summed E-state index contributed by atoms with van der Waals surface area (Å²) >= 11 is 6.03. The van der Waals surface area contributed by atoms with E-state index in [9.17, 15) is 4.79 Å². The van der Waals surface area contributed by atoms with Crippen LogP contribution in [0.1, 0.15) is 22.8 Å². The second-order valence-electron chi connectivity index (χ2n) is 4.67. The third kappa shape index (κ3) is 2.56. The first-order valence-electron chi connectivity index (χ1n) is 6.74. The van der Waals surface area contributed by atoms with Gasteiger partial charge in [0.2, 0.25) is 5.88 Å². The number of nitrogens with zero attached hydrogens (tertiary/aromatic N) is 3. The third-order valence-electron chi connectivity index (χ3n) is 3.44. The van der Waals surface area contributed by atoms with Gasteiger partial charge in [0.15, 0.2) is 0 Å². The van der Waals surface area contributed by atoms with Crippen LogP contribution in [0.2, 0.25) is 5.15 Å². The molecule has 1 amide bonds. The quantitative estimate of drug-likeness (QED) is 0.801. The minimum Gasteiger partial charge on any atom is -0.475 e. The van der Waals surface area contributed by atoms with Gasteiger partial charge in [-0.15, -0.1) is 0 Å². The summed E-state index contributed by atoms with van der Waals surface area (Å²) in [5.41, 5.74) is 2.25. The number of carbonyl (C=O) groups excluding carboxylic acids is 1. The minimum atomic E-state index is -0.239. The zero-order valence-corrected chi connectivity index (χ0v) is 12.3. The predicted molar refractivity (Wildman–Crippen MR) is 80.0 cm³/mol. The Hall–Kier alpha value is -2.14. The number of halogens is 1. The molecule has 1 aromatic heterocycles. The molecule has 0 bridgehead atoms. The zero-order chi connectivity index (χ0) is 14.8. The van der Waals surface area contributed by atoms with Crippen LogP contribution in [-0.4, -0.2) is 29.0 Å². The van der Waals surface area contributed by atoms with Crippen LogP contribution >= 0.6 is 11.6 Å². The molecule has 1 aromatic carbocycles. The molecule has 2 heterocycles. The van der Waals surface area contributed by atoms with Crippen molar-refractivity contribution in [1.82, 2.24) is 9.97 Å². The highest BCUT2D eigenvalue weighted by Gasteiger charge is 2.28. The van der Waals surface area contributed by atoms with Crippen molar-refractivity contribution in [2.45, 2.75) is 13.3 Å². The highest BCUT2D eigenvalue weighted by Crippen LogP contribution is 2.28. The van der Waals surface area contributed by atoms with Crippen LogP contribution in [0, 0.1) is 0 Å². The Morgan fingerprint density at radius 3 is 2.76 bits per heavy atom. The average Bonchev–Trinajstić information content (AvgIpc) is 2.67. The Labute approximate surface area is 127 Å². The Morgan fingerprint density at radius 1 is 1.29 bits per heavy atom. The molecular formula is C15H14ClN3O2. The molecule has 0 saturated carbocycles. The van der Waals surface area contributed by atoms with Crippen molar-refractivity contribution in [2.24, 2.45) is 0 Å². The number of fused-ring (bicyclic) bond motifs is 1. The van der Waals surface area contributed by atoms with Crippen LogP contribution in [0.4, 0.5) is 5.69 Å². The minimum absolute atomic E-state index is 0.113. The predicted octanol–water partition coefficient (Wildman–Crippen LogP) is 2.73. The highest BCUT2D eigenvalue weighted by atomic mass is 35.5. The third-order valence-corrected chi connectivity index (χ3v) is 3.72. The lowest BCUT2D eigenvalue weighted by atomic mass is 10.1. The highest BCUT2D eigenvalue weighted by molar-refractivity contribution is 6.33. The Bertz CT molecular complexity index is 673. The zero-order valence-electron chi connectivity index (χ0n) is 11.5. The van der Waals surface area contributed by atoms with E-state index < -0.39 is 0 Å². The first-order chi connectivity index (χ1) is 10.2. The molecule has 3 rings (SSSR count). The molecule has 0 saturated heterocycles. The summed E-state index contributed by atoms with van der Waals surface area (Å²) in [7, 11) is 0. The van der Waals surface area contributed by atoms with E-state index in [1.807, 2.05) is 24.3 Å². The SMILES string of the molecule is CCc1ccc(N2CCOc3ncnc(Cl)c3C2=O)cc1. The standard InChI is InChI=1S/C15H14ClN3O2/c1-2-10-3-5-11(6-4-10)19-7-8-21-14-12(15(19)20)13(16)17-9-18-14/h3-6,9H,2,7-8H2,1H3. The number of aryl methyl sites for hydroxylation is 1. The van der Waals surface area contributed by atoms with Gasteiger partial charge < -0.3 is 9.64 Å². The van der Waals surface area contributed by atoms with Crippen molar-refractivity contribution in [3.63, 3.8) is 0 Å². The molecule has 0 radical (unpaired) electrons. The Kier molecular flexibility index (Phi) is 3.75.